The van der Waals surface area contributed by atoms with Crippen molar-refractivity contribution in [2.24, 2.45) is 0 Å². The van der Waals surface area contributed by atoms with Gasteiger partial charge in [0.1, 0.15) is 18.0 Å². The van der Waals surface area contributed by atoms with Crippen LogP contribution in [-0.2, 0) is 4.79 Å². The number of rotatable bonds is 3. The Hall–Kier alpha value is -4.07. The predicted octanol–water partition coefficient (Wildman–Crippen LogP) is 3.89. The van der Waals surface area contributed by atoms with E-state index in [0.717, 1.165) is 28.5 Å². The molecule has 6 rings (SSSR count). The minimum absolute atomic E-state index is 0.0902. The van der Waals surface area contributed by atoms with E-state index in [1.54, 1.807) is 19.2 Å². The largest absolute Gasteiger partial charge is 0.384 e. The molecule has 2 N–H and O–H groups in total. The SMILES string of the molecule is CC(=O)N1C[C@@H]2C[C@H]1CN2c1ccc(-c2ncnc3ccc(-c4ccnc(N)c4)cc23)cc1F. The van der Waals surface area contributed by atoms with Gasteiger partial charge in [-0.15, -0.1) is 0 Å². The zero-order chi connectivity index (χ0) is 23.4. The number of pyridine rings is 1. The number of nitrogen functional groups attached to an aromatic ring is 1. The van der Waals surface area contributed by atoms with Gasteiger partial charge >= 0.3 is 0 Å². The standard InChI is InChI=1S/C26H23FN6O/c1-15(34)32-12-20-11-19(32)13-33(20)24-5-3-18(9-22(24)27)26-21-8-16(2-4-23(21)30-14-31-26)17-6-7-29-25(28)10-17/h2-10,14,19-20H,11-13H2,1H3,(H2,28,29)/t19-,20-/m0/s1. The van der Waals surface area contributed by atoms with Gasteiger partial charge in [-0.05, 0) is 53.9 Å². The first kappa shape index (κ1) is 20.5. The van der Waals surface area contributed by atoms with E-state index in [4.69, 9.17) is 5.73 Å². The fraction of sp³-hybridized carbons (Fsp3) is 0.231. The van der Waals surface area contributed by atoms with Gasteiger partial charge in [0.15, 0.2) is 0 Å². The number of halogens is 1. The highest BCUT2D eigenvalue weighted by atomic mass is 19.1. The lowest BCUT2D eigenvalue weighted by Crippen LogP contribution is -2.48. The van der Waals surface area contributed by atoms with E-state index in [1.807, 2.05) is 47.4 Å². The van der Waals surface area contributed by atoms with Gasteiger partial charge in [0.05, 0.1) is 22.9 Å². The Morgan fingerprint density at radius 2 is 1.79 bits per heavy atom. The van der Waals surface area contributed by atoms with Crippen LogP contribution in [0.2, 0.25) is 0 Å². The molecule has 0 unspecified atom stereocenters. The molecule has 0 saturated carbocycles. The molecule has 34 heavy (non-hydrogen) atoms. The molecule has 4 aromatic rings. The zero-order valence-corrected chi connectivity index (χ0v) is 18.6. The van der Waals surface area contributed by atoms with Gasteiger partial charge < -0.3 is 15.5 Å². The Morgan fingerprint density at radius 1 is 0.971 bits per heavy atom. The highest BCUT2D eigenvalue weighted by Crippen LogP contribution is 2.38. The van der Waals surface area contributed by atoms with Crippen molar-refractivity contribution in [1.29, 1.82) is 0 Å². The van der Waals surface area contributed by atoms with Crippen LogP contribution in [0.4, 0.5) is 15.9 Å². The van der Waals surface area contributed by atoms with Crippen molar-refractivity contribution in [3.63, 3.8) is 0 Å². The maximum Gasteiger partial charge on any atom is 0.219 e. The Morgan fingerprint density at radius 3 is 2.53 bits per heavy atom. The second-order valence-corrected chi connectivity index (χ2v) is 8.96. The Balaban J connectivity index is 1.36. The van der Waals surface area contributed by atoms with Crippen molar-refractivity contribution in [3.8, 4) is 22.4 Å². The second-order valence-electron chi connectivity index (χ2n) is 8.96. The summed E-state index contributed by atoms with van der Waals surface area (Å²) in [6, 6.07) is 15.2. The van der Waals surface area contributed by atoms with E-state index in [9.17, 15) is 4.79 Å². The van der Waals surface area contributed by atoms with Crippen molar-refractivity contribution in [3.05, 3.63) is 66.9 Å². The number of nitrogens with zero attached hydrogens (tertiary/aromatic N) is 5. The molecule has 2 fully saturated rings. The molecule has 2 aromatic carbocycles. The molecule has 8 heteroatoms. The van der Waals surface area contributed by atoms with Crippen LogP contribution < -0.4 is 10.6 Å². The van der Waals surface area contributed by atoms with Gasteiger partial charge in [0.25, 0.3) is 0 Å². The van der Waals surface area contributed by atoms with Gasteiger partial charge in [-0.1, -0.05) is 12.1 Å². The summed E-state index contributed by atoms with van der Waals surface area (Å²) in [5.41, 5.74) is 10.5. The summed E-state index contributed by atoms with van der Waals surface area (Å²) in [5.74, 6) is 0.249. The number of fused-ring (bicyclic) bond motifs is 3. The summed E-state index contributed by atoms with van der Waals surface area (Å²) in [6.07, 6.45) is 4.06. The monoisotopic (exact) mass is 454 g/mol. The summed E-state index contributed by atoms with van der Waals surface area (Å²) in [4.78, 5) is 28.7. The molecular formula is C26H23FN6O. The van der Waals surface area contributed by atoms with Gasteiger partial charge in [0.2, 0.25) is 5.91 Å². The lowest BCUT2D eigenvalue weighted by Gasteiger charge is -2.35. The van der Waals surface area contributed by atoms with Gasteiger partial charge in [-0.25, -0.2) is 19.3 Å². The number of carbonyl (C=O) groups is 1. The van der Waals surface area contributed by atoms with E-state index in [-0.39, 0.29) is 23.8 Å². The Kier molecular flexibility index (Phi) is 4.69. The lowest BCUT2D eigenvalue weighted by atomic mass is 10.0. The van der Waals surface area contributed by atoms with Gasteiger partial charge in [0, 0.05) is 43.2 Å². The molecule has 0 spiro atoms. The number of likely N-dealkylation sites (tertiary alicyclic amines) is 1. The van der Waals surface area contributed by atoms with E-state index in [1.165, 1.54) is 6.33 Å². The van der Waals surface area contributed by atoms with Crippen LogP contribution in [0.15, 0.2) is 61.1 Å². The number of carbonyl (C=O) groups excluding carboxylic acids is 1. The summed E-state index contributed by atoms with van der Waals surface area (Å²) in [7, 11) is 0. The van der Waals surface area contributed by atoms with Crippen LogP contribution in [0.25, 0.3) is 33.3 Å². The maximum atomic E-state index is 15.4. The Bertz CT molecular complexity index is 1440. The molecule has 2 atom stereocenters. The molecule has 2 aliphatic heterocycles. The summed E-state index contributed by atoms with van der Waals surface area (Å²) >= 11 is 0. The molecule has 2 bridgehead atoms. The smallest absolute Gasteiger partial charge is 0.219 e. The molecule has 2 saturated heterocycles. The van der Waals surface area contributed by atoms with Crippen LogP contribution in [0.3, 0.4) is 0 Å². The maximum absolute atomic E-state index is 15.4. The molecule has 7 nitrogen and oxygen atoms in total. The molecule has 0 radical (unpaired) electrons. The van der Waals surface area contributed by atoms with E-state index in [0.29, 0.717) is 35.9 Å². The molecule has 2 aromatic heterocycles. The average molecular weight is 455 g/mol. The third kappa shape index (κ3) is 3.34. The topological polar surface area (TPSA) is 88.2 Å². The summed E-state index contributed by atoms with van der Waals surface area (Å²) in [6.45, 7) is 2.91. The first-order valence-corrected chi connectivity index (χ1v) is 11.3. The minimum atomic E-state index is -0.288. The number of nitrogens with two attached hydrogens (primary N) is 1. The van der Waals surface area contributed by atoms with Crippen molar-refractivity contribution >= 4 is 28.3 Å². The average Bonchev–Trinajstić information content (AvgIpc) is 3.45. The number of hydrogen-bond acceptors (Lipinski definition) is 6. The highest BCUT2D eigenvalue weighted by molar-refractivity contribution is 5.95. The minimum Gasteiger partial charge on any atom is -0.384 e. The van der Waals surface area contributed by atoms with Crippen LogP contribution in [0.5, 0.6) is 0 Å². The van der Waals surface area contributed by atoms with Crippen molar-refractivity contribution in [2.75, 3.05) is 23.7 Å². The third-order valence-electron chi connectivity index (χ3n) is 6.93. The number of anilines is 2. The quantitative estimate of drug-likeness (QED) is 0.505. The molecule has 2 aliphatic rings. The number of piperazine rings is 1. The predicted molar refractivity (Wildman–Crippen MR) is 130 cm³/mol. The fourth-order valence-electron chi connectivity index (χ4n) is 5.33. The van der Waals surface area contributed by atoms with E-state index >= 15 is 4.39 Å². The fourth-order valence-corrected chi connectivity index (χ4v) is 5.33. The third-order valence-corrected chi connectivity index (χ3v) is 6.93. The van der Waals surface area contributed by atoms with Crippen LogP contribution in [-0.4, -0.2) is 50.9 Å². The molecule has 0 aliphatic carbocycles. The molecule has 170 valence electrons. The number of aromatic nitrogens is 3. The lowest BCUT2D eigenvalue weighted by molar-refractivity contribution is -0.129. The molecule has 4 heterocycles. The number of amides is 1. The Labute approximate surface area is 196 Å². The first-order chi connectivity index (χ1) is 16.5. The summed E-state index contributed by atoms with van der Waals surface area (Å²) < 4.78 is 15.4. The van der Waals surface area contributed by atoms with Gasteiger partial charge in [-0.2, -0.15) is 0 Å². The van der Waals surface area contributed by atoms with Crippen LogP contribution in [0, 0.1) is 5.82 Å². The normalized spacial score (nSPS) is 19.2. The number of benzene rings is 2. The van der Waals surface area contributed by atoms with Crippen molar-refractivity contribution in [1.82, 2.24) is 19.9 Å². The van der Waals surface area contributed by atoms with Crippen LogP contribution >= 0.6 is 0 Å². The van der Waals surface area contributed by atoms with Gasteiger partial charge in [-0.3, -0.25) is 4.79 Å². The second kappa shape index (κ2) is 7.76. The van der Waals surface area contributed by atoms with E-state index in [2.05, 4.69) is 19.9 Å². The first-order valence-electron chi connectivity index (χ1n) is 11.3. The number of hydrogen-bond donors (Lipinski definition) is 1. The molecule has 1 amide bonds. The van der Waals surface area contributed by atoms with Crippen molar-refractivity contribution in [2.45, 2.75) is 25.4 Å². The zero-order valence-electron chi connectivity index (χ0n) is 18.6. The van der Waals surface area contributed by atoms with E-state index < -0.39 is 0 Å². The molecular weight excluding hydrogens is 431 g/mol. The van der Waals surface area contributed by atoms with Crippen molar-refractivity contribution < 1.29 is 9.18 Å². The van der Waals surface area contributed by atoms with Crippen LogP contribution in [0.1, 0.15) is 13.3 Å². The highest BCUT2D eigenvalue weighted by Gasteiger charge is 2.44. The summed E-state index contributed by atoms with van der Waals surface area (Å²) in [5, 5.41) is 0.833.